The third-order valence-electron chi connectivity index (χ3n) is 2.82. The van der Waals surface area contributed by atoms with Crippen molar-refractivity contribution in [1.29, 1.82) is 0 Å². The second-order valence-electron chi connectivity index (χ2n) is 4.92. The second-order valence-corrected chi connectivity index (χ2v) is 6.02. The van der Waals surface area contributed by atoms with Crippen LogP contribution in [-0.2, 0) is 9.47 Å². The van der Waals surface area contributed by atoms with Gasteiger partial charge in [-0.2, -0.15) is 0 Å². The quantitative estimate of drug-likeness (QED) is 0.684. The lowest BCUT2D eigenvalue weighted by atomic mass is 10.1. The van der Waals surface area contributed by atoms with Crippen molar-refractivity contribution in [3.63, 3.8) is 0 Å². The zero-order chi connectivity index (χ0) is 15.0. The van der Waals surface area contributed by atoms with Crippen LogP contribution in [0.15, 0.2) is 29.2 Å². The summed E-state index contributed by atoms with van der Waals surface area (Å²) in [6.45, 7) is 4.76. The molecule has 0 bridgehead atoms. The van der Waals surface area contributed by atoms with E-state index in [1.165, 1.54) is 0 Å². The molecular weight excluding hydrogens is 274 g/mol. The number of rotatable bonds is 9. The number of aliphatic hydroxyl groups excluding tert-OH is 1. The smallest absolute Gasteiger partial charge is 0.0867 e. The molecule has 1 aromatic rings. The van der Waals surface area contributed by atoms with Gasteiger partial charge in [0.15, 0.2) is 0 Å². The number of hydrogen-bond donors (Lipinski definition) is 2. The van der Waals surface area contributed by atoms with E-state index in [9.17, 15) is 5.11 Å². The summed E-state index contributed by atoms with van der Waals surface area (Å²) in [4.78, 5) is 1.12. The Labute approximate surface area is 125 Å². The molecule has 0 aromatic heterocycles. The molecular formula is C15H25NO3S. The lowest BCUT2D eigenvalue weighted by Gasteiger charge is -2.15. The molecule has 0 aliphatic rings. The van der Waals surface area contributed by atoms with E-state index in [0.29, 0.717) is 19.0 Å². The predicted molar refractivity (Wildman–Crippen MR) is 83.1 cm³/mol. The lowest BCUT2D eigenvalue weighted by molar-refractivity contribution is -0.0257. The predicted octanol–water partition coefficient (Wildman–Crippen LogP) is 2.21. The Morgan fingerprint density at radius 2 is 1.85 bits per heavy atom. The summed E-state index contributed by atoms with van der Waals surface area (Å²) in [7, 11) is 1.64. The highest BCUT2D eigenvalue weighted by Gasteiger charge is 2.09. The molecule has 0 aliphatic carbocycles. The molecule has 3 atom stereocenters. The van der Waals surface area contributed by atoms with Gasteiger partial charge in [0.05, 0.1) is 25.4 Å². The van der Waals surface area contributed by atoms with Crippen LogP contribution in [0.25, 0.3) is 0 Å². The van der Waals surface area contributed by atoms with E-state index in [1.807, 2.05) is 38.1 Å². The highest BCUT2D eigenvalue weighted by molar-refractivity contribution is 7.99. The van der Waals surface area contributed by atoms with Gasteiger partial charge in [0, 0.05) is 23.8 Å². The molecule has 0 spiro atoms. The summed E-state index contributed by atoms with van der Waals surface area (Å²) in [5.41, 5.74) is 6.92. The van der Waals surface area contributed by atoms with Gasteiger partial charge >= 0.3 is 0 Å². The van der Waals surface area contributed by atoms with Gasteiger partial charge in [0.1, 0.15) is 0 Å². The molecule has 0 fully saturated rings. The van der Waals surface area contributed by atoms with Gasteiger partial charge in [0.2, 0.25) is 0 Å². The first-order chi connectivity index (χ1) is 9.52. The Bertz CT molecular complexity index is 370. The van der Waals surface area contributed by atoms with Crippen LogP contribution >= 0.6 is 11.8 Å². The number of aliphatic hydroxyl groups is 1. The van der Waals surface area contributed by atoms with E-state index in [2.05, 4.69) is 0 Å². The normalized spacial score (nSPS) is 15.8. The van der Waals surface area contributed by atoms with Crippen molar-refractivity contribution in [3.8, 4) is 0 Å². The second kappa shape index (κ2) is 9.37. The first-order valence-electron chi connectivity index (χ1n) is 6.80. The van der Waals surface area contributed by atoms with Crippen molar-refractivity contribution >= 4 is 11.8 Å². The topological polar surface area (TPSA) is 64.7 Å². The summed E-state index contributed by atoms with van der Waals surface area (Å²) in [6.07, 6.45) is -0.475. The van der Waals surface area contributed by atoms with Gasteiger partial charge < -0.3 is 20.3 Å². The van der Waals surface area contributed by atoms with Gasteiger partial charge in [-0.15, -0.1) is 11.8 Å². The van der Waals surface area contributed by atoms with Crippen LogP contribution in [-0.4, -0.2) is 43.4 Å². The van der Waals surface area contributed by atoms with Gasteiger partial charge in [-0.3, -0.25) is 0 Å². The number of methoxy groups -OCH3 is 1. The molecule has 0 saturated carbocycles. The maximum atomic E-state index is 9.86. The van der Waals surface area contributed by atoms with E-state index < -0.39 is 6.10 Å². The van der Waals surface area contributed by atoms with Crippen LogP contribution in [0.4, 0.5) is 0 Å². The van der Waals surface area contributed by atoms with E-state index in [1.54, 1.807) is 18.9 Å². The molecule has 0 aliphatic heterocycles. The first kappa shape index (κ1) is 17.5. The molecule has 20 heavy (non-hydrogen) atoms. The van der Waals surface area contributed by atoms with Gasteiger partial charge in [0.25, 0.3) is 0 Å². The monoisotopic (exact) mass is 299 g/mol. The third-order valence-corrected chi connectivity index (χ3v) is 3.98. The van der Waals surface area contributed by atoms with Crippen molar-refractivity contribution in [2.45, 2.75) is 37.0 Å². The molecule has 0 radical (unpaired) electrons. The van der Waals surface area contributed by atoms with Crippen molar-refractivity contribution in [1.82, 2.24) is 0 Å². The van der Waals surface area contributed by atoms with Crippen molar-refractivity contribution in [2.75, 3.05) is 26.1 Å². The van der Waals surface area contributed by atoms with E-state index >= 15 is 0 Å². The van der Waals surface area contributed by atoms with E-state index in [-0.39, 0.29) is 12.1 Å². The maximum Gasteiger partial charge on any atom is 0.0867 e. The molecule has 0 amide bonds. The van der Waals surface area contributed by atoms with Crippen LogP contribution in [0.1, 0.15) is 25.5 Å². The molecule has 3 N–H and O–H groups in total. The Morgan fingerprint density at radius 1 is 1.20 bits per heavy atom. The Kier molecular flexibility index (Phi) is 8.18. The number of ether oxygens (including phenoxy) is 2. The molecule has 1 aromatic carbocycles. The lowest BCUT2D eigenvalue weighted by Crippen LogP contribution is -2.24. The summed E-state index contributed by atoms with van der Waals surface area (Å²) in [6, 6.07) is 8.16. The summed E-state index contributed by atoms with van der Waals surface area (Å²) < 4.78 is 10.5. The maximum absolute atomic E-state index is 9.86. The van der Waals surface area contributed by atoms with Crippen LogP contribution in [0.2, 0.25) is 0 Å². The number of hydrogen-bond acceptors (Lipinski definition) is 5. The zero-order valence-corrected chi connectivity index (χ0v) is 13.2. The molecule has 5 heteroatoms. The van der Waals surface area contributed by atoms with Crippen LogP contribution < -0.4 is 5.73 Å². The largest absolute Gasteiger partial charge is 0.390 e. The number of nitrogens with two attached hydrogens (primary N) is 1. The Hall–Kier alpha value is -0.590. The minimum atomic E-state index is -0.479. The SMILES string of the molecule is COCC(C)OCC(O)CSc1ccc(C(C)N)cc1. The first-order valence-corrected chi connectivity index (χ1v) is 7.78. The van der Waals surface area contributed by atoms with Crippen molar-refractivity contribution in [2.24, 2.45) is 5.73 Å². The fourth-order valence-corrected chi connectivity index (χ4v) is 2.48. The average Bonchev–Trinajstić information content (AvgIpc) is 2.43. The van der Waals surface area contributed by atoms with Gasteiger partial charge in [-0.25, -0.2) is 0 Å². The molecule has 0 saturated heterocycles. The highest BCUT2D eigenvalue weighted by atomic mass is 32.2. The van der Waals surface area contributed by atoms with Crippen LogP contribution in [0.5, 0.6) is 0 Å². The van der Waals surface area contributed by atoms with Gasteiger partial charge in [-0.05, 0) is 31.5 Å². The van der Waals surface area contributed by atoms with Crippen LogP contribution in [0, 0.1) is 0 Å². The fraction of sp³-hybridized carbons (Fsp3) is 0.600. The average molecular weight is 299 g/mol. The molecule has 4 nitrogen and oxygen atoms in total. The number of benzene rings is 1. The van der Waals surface area contributed by atoms with Crippen LogP contribution in [0.3, 0.4) is 0 Å². The molecule has 3 unspecified atom stereocenters. The zero-order valence-electron chi connectivity index (χ0n) is 12.4. The molecule has 114 valence electrons. The van der Waals surface area contributed by atoms with Gasteiger partial charge in [-0.1, -0.05) is 12.1 Å². The highest BCUT2D eigenvalue weighted by Crippen LogP contribution is 2.21. The minimum Gasteiger partial charge on any atom is -0.390 e. The summed E-state index contributed by atoms with van der Waals surface area (Å²) >= 11 is 1.61. The minimum absolute atomic E-state index is 0.00461. The van der Waals surface area contributed by atoms with E-state index in [4.69, 9.17) is 15.2 Å². The Morgan fingerprint density at radius 3 is 2.40 bits per heavy atom. The fourth-order valence-electron chi connectivity index (χ4n) is 1.67. The van der Waals surface area contributed by atoms with Crippen molar-refractivity contribution < 1.29 is 14.6 Å². The molecule has 1 rings (SSSR count). The number of thioether (sulfide) groups is 1. The summed E-state index contributed by atoms with van der Waals surface area (Å²) in [5.74, 6) is 0.608. The Balaban J connectivity index is 2.28. The molecule has 0 heterocycles. The van der Waals surface area contributed by atoms with E-state index in [0.717, 1.165) is 10.5 Å². The third kappa shape index (κ3) is 6.72. The summed E-state index contributed by atoms with van der Waals surface area (Å²) in [5, 5.41) is 9.86. The van der Waals surface area contributed by atoms with Crippen molar-refractivity contribution in [3.05, 3.63) is 29.8 Å². The standard InChI is InChI=1S/C15H25NO3S/c1-11(8-18-3)19-9-14(17)10-20-15-6-4-13(5-7-15)12(2)16/h4-7,11-12,14,17H,8-10,16H2,1-3H3.